The quantitative estimate of drug-likeness (QED) is 0.739. The topological polar surface area (TPSA) is 66.4 Å². The smallest absolute Gasteiger partial charge is 0.326 e. The second-order valence-corrected chi connectivity index (χ2v) is 7.06. The van der Waals surface area contributed by atoms with Gasteiger partial charge in [0.1, 0.15) is 6.04 Å². The molecule has 5 heteroatoms. The lowest BCUT2D eigenvalue weighted by Crippen LogP contribution is -2.50. The van der Waals surface area contributed by atoms with Gasteiger partial charge in [-0.15, -0.1) is 0 Å². The summed E-state index contributed by atoms with van der Waals surface area (Å²) in [4.78, 5) is 24.6. The second-order valence-electron chi connectivity index (χ2n) is 5.94. The number of nitrogens with one attached hydrogen (secondary N) is 1. The Hall–Kier alpha value is -2.40. The van der Waals surface area contributed by atoms with Crippen LogP contribution in [0.1, 0.15) is 24.5 Å². The number of carboxylic acids is 1. The van der Waals surface area contributed by atoms with Gasteiger partial charge in [-0.25, -0.2) is 4.79 Å². The molecular formula is C20H20BrNO3. The van der Waals surface area contributed by atoms with Crippen molar-refractivity contribution in [3.8, 4) is 0 Å². The summed E-state index contributed by atoms with van der Waals surface area (Å²) in [5.74, 6) is -1.47. The van der Waals surface area contributed by atoms with Gasteiger partial charge in [-0.1, -0.05) is 83.2 Å². The molecule has 2 aromatic rings. The Morgan fingerprint density at radius 2 is 1.52 bits per heavy atom. The van der Waals surface area contributed by atoms with Crippen molar-refractivity contribution in [1.29, 1.82) is 0 Å². The van der Waals surface area contributed by atoms with Crippen molar-refractivity contribution < 1.29 is 14.7 Å². The van der Waals surface area contributed by atoms with Gasteiger partial charge in [-0.3, -0.25) is 4.79 Å². The number of hydrogen-bond acceptors (Lipinski definition) is 2. The molecule has 0 saturated heterocycles. The molecule has 0 radical (unpaired) electrons. The fourth-order valence-electron chi connectivity index (χ4n) is 2.70. The standard InChI is InChI=1S/C20H20BrNO3/c1-14(21)13-17(18(23)24)22-19(25)20(2,15-9-5-3-6-10-15)16-11-7-4-8-12-16/h3-12,17H,1,13H2,2H3,(H,22,25)(H,23,24)/t17-/m0/s1. The van der Waals surface area contributed by atoms with Crippen LogP contribution < -0.4 is 5.32 Å². The van der Waals surface area contributed by atoms with Crippen molar-refractivity contribution in [3.63, 3.8) is 0 Å². The molecule has 0 saturated carbocycles. The van der Waals surface area contributed by atoms with E-state index in [0.717, 1.165) is 11.1 Å². The number of benzene rings is 2. The van der Waals surface area contributed by atoms with E-state index in [1.165, 1.54) is 0 Å². The minimum Gasteiger partial charge on any atom is -0.480 e. The second kappa shape index (κ2) is 8.12. The SMILES string of the molecule is C=C(Br)C[C@H](NC(=O)C(C)(c1ccccc1)c1ccccc1)C(=O)O. The summed E-state index contributed by atoms with van der Waals surface area (Å²) in [6.07, 6.45) is 0.112. The van der Waals surface area contributed by atoms with Gasteiger partial charge in [-0.05, 0) is 22.5 Å². The molecule has 2 rings (SSSR count). The number of carbonyl (C=O) groups excluding carboxylic acids is 1. The minimum atomic E-state index is -1.10. The Morgan fingerprint density at radius 3 is 1.88 bits per heavy atom. The Balaban J connectivity index is 2.44. The van der Waals surface area contributed by atoms with E-state index < -0.39 is 17.4 Å². The molecule has 0 aromatic heterocycles. The zero-order valence-electron chi connectivity index (χ0n) is 13.9. The zero-order valence-corrected chi connectivity index (χ0v) is 15.5. The Labute approximate surface area is 155 Å². The number of rotatable bonds is 7. The normalized spacial score (nSPS) is 12.2. The molecule has 0 heterocycles. The lowest BCUT2D eigenvalue weighted by molar-refractivity contribution is -0.142. The van der Waals surface area contributed by atoms with Crippen LogP contribution in [0.15, 0.2) is 71.7 Å². The van der Waals surface area contributed by atoms with Crippen molar-refractivity contribution in [2.75, 3.05) is 0 Å². The van der Waals surface area contributed by atoms with Gasteiger partial charge in [-0.2, -0.15) is 0 Å². The first-order chi connectivity index (χ1) is 11.9. The van der Waals surface area contributed by atoms with Crippen molar-refractivity contribution in [1.82, 2.24) is 5.32 Å². The van der Waals surface area contributed by atoms with E-state index in [2.05, 4.69) is 27.8 Å². The van der Waals surface area contributed by atoms with Crippen LogP contribution in [0.3, 0.4) is 0 Å². The number of amides is 1. The van der Waals surface area contributed by atoms with Gasteiger partial charge in [0.25, 0.3) is 0 Å². The van der Waals surface area contributed by atoms with Crippen LogP contribution in [0.5, 0.6) is 0 Å². The third kappa shape index (κ3) is 4.37. The molecule has 4 nitrogen and oxygen atoms in total. The number of carbonyl (C=O) groups is 2. The van der Waals surface area contributed by atoms with Crippen LogP contribution in [-0.4, -0.2) is 23.0 Å². The fourth-order valence-corrected chi connectivity index (χ4v) is 3.02. The predicted octanol–water partition coefficient (Wildman–Crippen LogP) is 3.86. The third-order valence-electron chi connectivity index (χ3n) is 4.19. The number of hydrogen-bond donors (Lipinski definition) is 2. The van der Waals surface area contributed by atoms with Crippen molar-refractivity contribution in [2.45, 2.75) is 24.8 Å². The first kappa shape index (κ1) is 18.9. The maximum atomic E-state index is 13.1. The summed E-state index contributed by atoms with van der Waals surface area (Å²) in [7, 11) is 0. The molecular weight excluding hydrogens is 382 g/mol. The molecule has 2 N–H and O–H groups in total. The largest absolute Gasteiger partial charge is 0.480 e. The molecule has 0 fully saturated rings. The highest BCUT2D eigenvalue weighted by Gasteiger charge is 2.38. The van der Waals surface area contributed by atoms with E-state index >= 15 is 0 Å². The monoisotopic (exact) mass is 401 g/mol. The number of aliphatic carboxylic acids is 1. The van der Waals surface area contributed by atoms with Crippen molar-refractivity contribution in [2.24, 2.45) is 0 Å². The molecule has 1 amide bonds. The third-order valence-corrected chi connectivity index (χ3v) is 4.51. The molecule has 0 bridgehead atoms. The highest BCUT2D eigenvalue weighted by atomic mass is 79.9. The van der Waals surface area contributed by atoms with Crippen LogP contribution in [-0.2, 0) is 15.0 Å². The van der Waals surface area contributed by atoms with E-state index in [9.17, 15) is 14.7 Å². The summed E-state index contributed by atoms with van der Waals surface area (Å²) >= 11 is 3.16. The van der Waals surface area contributed by atoms with Crippen molar-refractivity contribution >= 4 is 27.8 Å². The molecule has 0 unspecified atom stereocenters. The molecule has 0 aliphatic rings. The molecule has 25 heavy (non-hydrogen) atoms. The average Bonchev–Trinajstić information content (AvgIpc) is 2.61. The van der Waals surface area contributed by atoms with Gasteiger partial charge in [0, 0.05) is 6.42 Å². The van der Waals surface area contributed by atoms with E-state index in [-0.39, 0.29) is 12.3 Å². The average molecular weight is 402 g/mol. The summed E-state index contributed by atoms with van der Waals surface area (Å²) in [6, 6.07) is 17.6. The Bertz CT molecular complexity index is 720. The highest BCUT2D eigenvalue weighted by molar-refractivity contribution is 9.11. The first-order valence-electron chi connectivity index (χ1n) is 7.83. The van der Waals surface area contributed by atoms with Crippen LogP contribution in [0, 0.1) is 0 Å². The predicted molar refractivity (Wildman–Crippen MR) is 102 cm³/mol. The molecule has 0 aliphatic carbocycles. The van der Waals surface area contributed by atoms with E-state index in [4.69, 9.17) is 0 Å². The maximum Gasteiger partial charge on any atom is 0.326 e. The lowest BCUT2D eigenvalue weighted by Gasteiger charge is -2.31. The van der Waals surface area contributed by atoms with E-state index in [1.54, 1.807) is 6.92 Å². The minimum absolute atomic E-state index is 0.112. The molecule has 2 aromatic carbocycles. The molecule has 0 spiro atoms. The van der Waals surface area contributed by atoms with Crippen LogP contribution in [0.4, 0.5) is 0 Å². The summed E-state index contributed by atoms with van der Waals surface area (Å²) < 4.78 is 0.515. The molecule has 130 valence electrons. The van der Waals surface area contributed by atoms with E-state index in [0.29, 0.717) is 4.48 Å². The highest BCUT2D eigenvalue weighted by Crippen LogP contribution is 2.32. The van der Waals surface area contributed by atoms with Gasteiger partial charge in [0.05, 0.1) is 5.41 Å². The zero-order chi connectivity index (χ0) is 18.4. The summed E-state index contributed by atoms with van der Waals surface area (Å²) in [5, 5.41) is 12.1. The summed E-state index contributed by atoms with van der Waals surface area (Å²) in [5.41, 5.74) is 0.574. The Kier molecular flexibility index (Phi) is 6.15. The fraction of sp³-hybridized carbons (Fsp3) is 0.200. The number of carboxylic acid groups (broad SMARTS) is 1. The molecule has 0 aliphatic heterocycles. The van der Waals surface area contributed by atoms with Crippen LogP contribution >= 0.6 is 15.9 Å². The Morgan fingerprint density at radius 1 is 1.08 bits per heavy atom. The summed E-state index contributed by atoms with van der Waals surface area (Å²) in [6.45, 7) is 5.47. The van der Waals surface area contributed by atoms with Gasteiger partial charge < -0.3 is 10.4 Å². The first-order valence-corrected chi connectivity index (χ1v) is 8.63. The van der Waals surface area contributed by atoms with Gasteiger partial charge in [0.15, 0.2) is 0 Å². The van der Waals surface area contributed by atoms with Gasteiger partial charge in [0.2, 0.25) is 5.91 Å². The van der Waals surface area contributed by atoms with Crippen LogP contribution in [0.25, 0.3) is 0 Å². The van der Waals surface area contributed by atoms with E-state index in [1.807, 2.05) is 60.7 Å². The number of halogens is 1. The van der Waals surface area contributed by atoms with Crippen LogP contribution in [0.2, 0.25) is 0 Å². The van der Waals surface area contributed by atoms with Gasteiger partial charge >= 0.3 is 5.97 Å². The molecule has 1 atom stereocenters. The lowest BCUT2D eigenvalue weighted by atomic mass is 9.75. The van der Waals surface area contributed by atoms with Crippen molar-refractivity contribution in [3.05, 3.63) is 82.9 Å². The maximum absolute atomic E-state index is 13.1.